The van der Waals surface area contributed by atoms with Crippen LogP contribution in [-0.2, 0) is 0 Å². The third-order valence-electron chi connectivity index (χ3n) is 15.0. The van der Waals surface area contributed by atoms with E-state index in [4.69, 9.17) is 52.1 Å². The minimum absolute atomic E-state index is 0.703. The van der Waals surface area contributed by atoms with Crippen molar-refractivity contribution in [1.82, 2.24) is 0 Å². The molecule has 0 heterocycles. The Morgan fingerprint density at radius 1 is 0.310 bits per heavy atom. The molecule has 0 aromatic heterocycles. The van der Waals surface area contributed by atoms with Crippen molar-refractivity contribution >= 4 is 110 Å². The van der Waals surface area contributed by atoms with Gasteiger partial charge in [0.25, 0.3) is 0 Å². The van der Waals surface area contributed by atoms with Crippen LogP contribution in [0, 0.1) is 0 Å². The molecule has 16 heteroatoms. The number of hydrogen-bond acceptors (Lipinski definition) is 11. The molecule has 0 aliphatic rings. The van der Waals surface area contributed by atoms with Gasteiger partial charge in [0.2, 0.25) is 0 Å². The Morgan fingerprint density at radius 2 is 0.713 bits per heavy atom. The summed E-state index contributed by atoms with van der Waals surface area (Å²) in [6.45, 7) is 9.69. The van der Waals surface area contributed by atoms with Crippen LogP contribution in [-0.4, -0.2) is 162 Å². The summed E-state index contributed by atoms with van der Waals surface area (Å²) < 4.78 is 71.8. The van der Waals surface area contributed by atoms with E-state index in [0.717, 1.165) is 69.9 Å². The Labute approximate surface area is 549 Å². The van der Waals surface area contributed by atoms with E-state index in [1.165, 1.54) is 62.6 Å². The van der Waals surface area contributed by atoms with Gasteiger partial charge in [-0.15, -0.1) is 0 Å². The number of hydrogen-bond donors (Lipinski definition) is 0. The molecular weight excluding hydrogens is 1620 g/mol. The zero-order valence-electron chi connectivity index (χ0n) is 58.5. The topological polar surface area (TPSA) is 102 Å². The molecule has 0 unspecified atom stereocenters. The van der Waals surface area contributed by atoms with E-state index in [-0.39, 0.29) is 0 Å². The van der Waals surface area contributed by atoms with Crippen LogP contribution >= 0.6 is 0 Å². The normalized spacial score (nSPS) is 11.3. The predicted octanol–water partition coefficient (Wildman–Crippen LogP) is 16.9. The summed E-state index contributed by atoms with van der Waals surface area (Å²) in [5.41, 5.74) is 0. The first-order valence-electron chi connectivity index (χ1n) is 31.1. The molecule has 0 radical (unpaired) electrons. The third kappa shape index (κ3) is 26.3. The van der Waals surface area contributed by atoms with Crippen LogP contribution in [0.4, 0.5) is 0 Å². The second kappa shape index (κ2) is 40.2. The fourth-order valence-electron chi connectivity index (χ4n) is 10.0. The summed E-state index contributed by atoms with van der Waals surface area (Å²) in [5.74, 6) is 9.96. The first kappa shape index (κ1) is 80.2. The average molecular weight is 1740 g/mol. The van der Waals surface area contributed by atoms with Gasteiger partial charge in [-0.25, -0.2) is 0 Å². The quantitative estimate of drug-likeness (QED) is 0.0461. The molecule has 0 aliphatic heterocycles. The molecule has 0 saturated heterocycles. The fourth-order valence-corrected chi connectivity index (χ4v) is 42.1. The molecule has 0 fully saturated rings. The van der Waals surface area contributed by atoms with Gasteiger partial charge in [-0.05, 0) is 0 Å². The number of unbranched alkanes of at least 4 members (excludes halogenated alkanes) is 3. The van der Waals surface area contributed by atoms with Crippen LogP contribution in [0.3, 0.4) is 0 Å². The summed E-state index contributed by atoms with van der Waals surface area (Å²) in [6, 6.07) is 39.6. The van der Waals surface area contributed by atoms with Crippen molar-refractivity contribution in [2.24, 2.45) is 0 Å². The Morgan fingerprint density at radius 3 is 1.05 bits per heavy atom. The maximum absolute atomic E-state index is 5.77. The van der Waals surface area contributed by atoms with Gasteiger partial charge in [0.05, 0.1) is 0 Å². The Balaban J connectivity index is 0.000000377. The first-order chi connectivity index (χ1) is 41.1. The Hall–Kier alpha value is -2.89. The summed E-state index contributed by atoms with van der Waals surface area (Å²) in [7, 11) is 15.1. The number of rotatable bonds is 27. The molecule has 6 aromatic rings. The van der Waals surface area contributed by atoms with Gasteiger partial charge >= 0.3 is 556 Å². The molecule has 0 aliphatic carbocycles. The van der Waals surface area contributed by atoms with Crippen molar-refractivity contribution in [2.75, 3.05) is 70.6 Å². The van der Waals surface area contributed by atoms with E-state index < -0.39 is 91.9 Å². The van der Waals surface area contributed by atoms with Crippen molar-refractivity contribution in [2.45, 2.75) is 139 Å². The second-order valence-electron chi connectivity index (χ2n) is 25.7. The predicted molar refractivity (Wildman–Crippen MR) is 385 cm³/mol. The number of methoxy groups -OCH3 is 9. The van der Waals surface area contributed by atoms with Crippen LogP contribution < -0.4 is 70.0 Å². The van der Waals surface area contributed by atoms with Gasteiger partial charge < -0.3 is 0 Å². The molecule has 0 N–H and O–H groups in total. The number of para-hydroxylation sites is 1. The van der Waals surface area contributed by atoms with E-state index in [0.29, 0.717) is 5.75 Å². The van der Waals surface area contributed by atoms with Crippen LogP contribution in [0.2, 0.25) is 72.6 Å². The van der Waals surface area contributed by atoms with Crippen LogP contribution in [0.1, 0.15) is 66.2 Å². The first-order valence-corrected chi connectivity index (χ1v) is 78.5. The SMILES string of the molecule is CCC[CH2][Sn]([CH2]CCC)([CH2]CCC)[c]1cc(OC)c(OC)c(OC)c1.CCOc1cc[c]([Sn]([CH3])([CH3])[CH3])cc1.COc1cc(OC)[c]([Sn]([CH3])([CH3])[CH3])c(OC)c1.COc1cc[c]([Sn]([CH3])([CH3])[CH3])c(OC)c1OC.[CH3][Sn]([CH3])([CH3])[c]1ccc(Oc2ccccc2)cc1. The van der Waals surface area contributed by atoms with Gasteiger partial charge in [0, 0.05) is 0 Å². The fraction of sp³-hybridized carbons (Fsp3) is 0.493. The van der Waals surface area contributed by atoms with Gasteiger partial charge in [0.1, 0.15) is 0 Å². The molecule has 484 valence electrons. The Bertz CT molecular complexity index is 2800. The van der Waals surface area contributed by atoms with Crippen molar-refractivity contribution < 1.29 is 52.1 Å². The molecule has 0 spiro atoms. The van der Waals surface area contributed by atoms with E-state index in [1.807, 2.05) is 55.5 Å². The van der Waals surface area contributed by atoms with Gasteiger partial charge in [0.15, 0.2) is 0 Å². The third-order valence-corrected chi connectivity index (χ3v) is 53.8. The van der Waals surface area contributed by atoms with Crippen LogP contribution in [0.15, 0.2) is 115 Å². The van der Waals surface area contributed by atoms with Gasteiger partial charge in [-0.2, -0.15) is 0 Å². The van der Waals surface area contributed by atoms with Gasteiger partial charge in [-0.1, -0.05) is 0 Å². The maximum atomic E-state index is 5.77. The van der Waals surface area contributed by atoms with Crippen molar-refractivity contribution in [3.8, 4) is 69.0 Å². The molecule has 0 atom stereocenters. The van der Waals surface area contributed by atoms with Gasteiger partial charge in [-0.3, -0.25) is 0 Å². The molecule has 87 heavy (non-hydrogen) atoms. The zero-order valence-corrected chi connectivity index (χ0v) is 72.8. The average Bonchev–Trinajstić information content (AvgIpc) is 1.27. The summed E-state index contributed by atoms with van der Waals surface area (Å²) in [6.07, 6.45) is 7.88. The zero-order chi connectivity index (χ0) is 65.6. The second-order valence-corrected chi connectivity index (χ2v) is 96.6. The summed E-state index contributed by atoms with van der Waals surface area (Å²) >= 11 is -10.7. The molecular formula is C71H114O11Sn5. The molecule has 0 bridgehead atoms. The molecule has 11 nitrogen and oxygen atoms in total. The van der Waals surface area contributed by atoms with E-state index in [9.17, 15) is 0 Å². The molecule has 6 rings (SSSR count). The Kier molecular flexibility index (Phi) is 37.0. The van der Waals surface area contributed by atoms with E-state index in [1.54, 1.807) is 71.1 Å². The van der Waals surface area contributed by atoms with Crippen molar-refractivity contribution in [1.29, 1.82) is 0 Å². The van der Waals surface area contributed by atoms with E-state index in [2.05, 4.69) is 147 Å². The van der Waals surface area contributed by atoms with Crippen molar-refractivity contribution in [3.63, 3.8) is 0 Å². The van der Waals surface area contributed by atoms with Crippen LogP contribution in [0.25, 0.3) is 0 Å². The number of ether oxygens (including phenoxy) is 11. The minimum atomic E-state index is -2.49. The van der Waals surface area contributed by atoms with Crippen molar-refractivity contribution in [3.05, 3.63) is 115 Å². The molecule has 0 amide bonds. The molecule has 6 aromatic carbocycles. The standard InChI is InChI=1S/C12H9O.3C9H11O3.C8H9O.3C4H9.12CH3.5Sn/c1-3-7-11(8-4-1)13-12-9-5-2-6-10-12;1-10-7-4-8(11-2)6-9(5-7)12-3;2*1-10-7-5-4-6-8(11-2)9(7)12-3;1-2-9-8-6-4-3-5-7-8;3*1-3-4-2;;;;;;;;;;;;;;;;;/h1,3-10H;4-5H,1-3H3;5-6H,1-3H3;4-5H,1-3H3;4-7H,2H2,1H3;3*1,3-4H2,2H3;12*1H3;;;;;. The summed E-state index contributed by atoms with van der Waals surface area (Å²) in [4.78, 5) is 28.6. The monoisotopic (exact) mass is 1740 g/mol. The molecule has 0 saturated carbocycles. The summed E-state index contributed by atoms with van der Waals surface area (Å²) in [5, 5.41) is 0. The number of benzene rings is 6. The van der Waals surface area contributed by atoms with Crippen LogP contribution in [0.5, 0.6) is 69.0 Å². The van der Waals surface area contributed by atoms with E-state index >= 15 is 0 Å².